The summed E-state index contributed by atoms with van der Waals surface area (Å²) < 4.78 is 5.15. The molecule has 0 amide bonds. The molecule has 1 fully saturated rings. The zero-order chi connectivity index (χ0) is 10.7. The van der Waals surface area contributed by atoms with E-state index in [1.54, 1.807) is 7.11 Å². The van der Waals surface area contributed by atoms with Crippen LogP contribution in [0.5, 0.6) is 5.75 Å². The van der Waals surface area contributed by atoms with Crippen LogP contribution in [0.2, 0.25) is 0 Å². The second-order valence-corrected chi connectivity index (χ2v) is 3.95. The number of piperazine rings is 1. The predicted molar refractivity (Wildman–Crippen MR) is 61.2 cm³/mol. The molecule has 1 saturated heterocycles. The van der Waals surface area contributed by atoms with Gasteiger partial charge in [-0.25, -0.2) is 0 Å². The lowest BCUT2D eigenvalue weighted by atomic mass is 9.99. The number of nitrogens with one attached hydrogen (secondary N) is 2. The van der Waals surface area contributed by atoms with Crippen molar-refractivity contribution in [2.75, 3.05) is 20.2 Å². The van der Waals surface area contributed by atoms with Crippen LogP contribution < -0.4 is 15.4 Å². The van der Waals surface area contributed by atoms with Crippen molar-refractivity contribution in [1.82, 2.24) is 10.6 Å². The number of hydrogen-bond donors (Lipinski definition) is 2. The predicted octanol–water partition coefficient (Wildman–Crippen LogP) is 1.32. The lowest BCUT2D eigenvalue weighted by molar-refractivity contribution is 0.345. The van der Waals surface area contributed by atoms with Crippen LogP contribution in [0.1, 0.15) is 18.5 Å². The lowest BCUT2D eigenvalue weighted by Gasteiger charge is -2.31. The van der Waals surface area contributed by atoms with E-state index < -0.39 is 0 Å². The third kappa shape index (κ3) is 2.30. The maximum Gasteiger partial charge on any atom is 0.118 e. The molecule has 0 aliphatic carbocycles. The summed E-state index contributed by atoms with van der Waals surface area (Å²) in [6.45, 7) is 4.29. The Hall–Kier alpha value is -1.06. The normalized spacial score (nSPS) is 26.3. The summed E-state index contributed by atoms with van der Waals surface area (Å²) in [5, 5.41) is 6.98. The van der Waals surface area contributed by atoms with Gasteiger partial charge in [0.1, 0.15) is 5.75 Å². The maximum absolute atomic E-state index is 5.15. The molecular weight excluding hydrogens is 188 g/mol. The second-order valence-electron chi connectivity index (χ2n) is 3.95. The minimum atomic E-state index is 0.407. The third-order valence-electron chi connectivity index (χ3n) is 2.93. The fourth-order valence-electron chi connectivity index (χ4n) is 2.04. The van der Waals surface area contributed by atoms with E-state index in [0.29, 0.717) is 12.1 Å². The summed E-state index contributed by atoms with van der Waals surface area (Å²) in [4.78, 5) is 0. The standard InChI is InChI=1S/C12H18N2O/c1-9-12(14-8-7-13-9)10-3-5-11(15-2)6-4-10/h3-6,9,12-14H,7-8H2,1-2H3. The summed E-state index contributed by atoms with van der Waals surface area (Å²) in [6, 6.07) is 9.16. The van der Waals surface area contributed by atoms with Gasteiger partial charge in [0.15, 0.2) is 0 Å². The first kappa shape index (κ1) is 10.5. The monoisotopic (exact) mass is 206 g/mol. The quantitative estimate of drug-likeness (QED) is 0.765. The van der Waals surface area contributed by atoms with Gasteiger partial charge in [-0.15, -0.1) is 0 Å². The highest BCUT2D eigenvalue weighted by atomic mass is 16.5. The minimum absolute atomic E-state index is 0.407. The van der Waals surface area contributed by atoms with Crippen LogP contribution in [0, 0.1) is 0 Å². The molecule has 1 aromatic carbocycles. The molecule has 1 aromatic rings. The first-order chi connectivity index (χ1) is 7.31. The summed E-state index contributed by atoms with van der Waals surface area (Å²) >= 11 is 0. The van der Waals surface area contributed by atoms with Crippen molar-refractivity contribution in [3.05, 3.63) is 29.8 Å². The van der Waals surface area contributed by atoms with E-state index in [1.807, 2.05) is 12.1 Å². The molecule has 0 saturated carbocycles. The zero-order valence-electron chi connectivity index (χ0n) is 9.29. The van der Waals surface area contributed by atoms with Crippen LogP contribution in [0.3, 0.4) is 0 Å². The van der Waals surface area contributed by atoms with E-state index in [-0.39, 0.29) is 0 Å². The number of ether oxygens (including phenoxy) is 1. The molecule has 82 valence electrons. The van der Waals surface area contributed by atoms with Crippen LogP contribution in [-0.4, -0.2) is 26.2 Å². The number of hydrogen-bond acceptors (Lipinski definition) is 3. The van der Waals surface area contributed by atoms with Crippen molar-refractivity contribution in [3.8, 4) is 5.75 Å². The molecule has 3 nitrogen and oxygen atoms in total. The van der Waals surface area contributed by atoms with Crippen LogP contribution in [0.4, 0.5) is 0 Å². The van der Waals surface area contributed by atoms with Crippen molar-refractivity contribution in [2.24, 2.45) is 0 Å². The van der Waals surface area contributed by atoms with Crippen LogP contribution in [-0.2, 0) is 0 Å². The summed E-state index contributed by atoms with van der Waals surface area (Å²) in [5.41, 5.74) is 1.32. The molecule has 1 aliphatic rings. The SMILES string of the molecule is COc1ccc(C2NCCNC2C)cc1. The molecule has 2 rings (SSSR count). The van der Waals surface area contributed by atoms with Gasteiger partial charge in [0.2, 0.25) is 0 Å². The van der Waals surface area contributed by atoms with E-state index >= 15 is 0 Å². The Morgan fingerprint density at radius 1 is 1.13 bits per heavy atom. The van der Waals surface area contributed by atoms with Crippen molar-refractivity contribution < 1.29 is 4.74 Å². The Balaban J connectivity index is 2.13. The van der Waals surface area contributed by atoms with Crippen molar-refractivity contribution in [2.45, 2.75) is 19.0 Å². The number of rotatable bonds is 2. The third-order valence-corrected chi connectivity index (χ3v) is 2.93. The fourth-order valence-corrected chi connectivity index (χ4v) is 2.04. The fraction of sp³-hybridized carbons (Fsp3) is 0.500. The van der Waals surface area contributed by atoms with Crippen LogP contribution in [0.15, 0.2) is 24.3 Å². The number of benzene rings is 1. The molecule has 1 heterocycles. The Kier molecular flexibility index (Phi) is 3.23. The smallest absolute Gasteiger partial charge is 0.118 e. The average molecular weight is 206 g/mol. The minimum Gasteiger partial charge on any atom is -0.497 e. The maximum atomic E-state index is 5.15. The number of methoxy groups -OCH3 is 1. The lowest BCUT2D eigenvalue weighted by Crippen LogP contribution is -2.48. The molecule has 2 atom stereocenters. The highest BCUT2D eigenvalue weighted by molar-refractivity contribution is 5.30. The van der Waals surface area contributed by atoms with E-state index in [2.05, 4.69) is 29.7 Å². The Morgan fingerprint density at radius 3 is 2.40 bits per heavy atom. The van der Waals surface area contributed by atoms with Gasteiger partial charge in [-0.05, 0) is 24.6 Å². The average Bonchev–Trinajstić information content (AvgIpc) is 2.30. The molecule has 2 N–H and O–H groups in total. The topological polar surface area (TPSA) is 33.3 Å². The van der Waals surface area contributed by atoms with Crippen LogP contribution >= 0.6 is 0 Å². The van der Waals surface area contributed by atoms with Crippen LogP contribution in [0.25, 0.3) is 0 Å². The molecule has 0 aromatic heterocycles. The molecule has 0 spiro atoms. The summed E-state index contributed by atoms with van der Waals surface area (Å²) in [5.74, 6) is 0.912. The molecule has 2 unspecified atom stereocenters. The van der Waals surface area contributed by atoms with E-state index in [9.17, 15) is 0 Å². The highest BCUT2D eigenvalue weighted by Crippen LogP contribution is 2.21. The molecule has 1 aliphatic heterocycles. The van der Waals surface area contributed by atoms with E-state index in [0.717, 1.165) is 18.8 Å². The molecular formula is C12H18N2O. The molecule has 0 bridgehead atoms. The Bertz CT molecular complexity index is 310. The van der Waals surface area contributed by atoms with Crippen molar-refractivity contribution >= 4 is 0 Å². The first-order valence-electron chi connectivity index (χ1n) is 5.42. The molecule has 0 radical (unpaired) electrons. The zero-order valence-corrected chi connectivity index (χ0v) is 9.29. The summed E-state index contributed by atoms with van der Waals surface area (Å²) in [7, 11) is 1.69. The van der Waals surface area contributed by atoms with E-state index in [1.165, 1.54) is 5.56 Å². The van der Waals surface area contributed by atoms with Gasteiger partial charge >= 0.3 is 0 Å². The molecule has 3 heteroatoms. The van der Waals surface area contributed by atoms with Gasteiger partial charge in [-0.2, -0.15) is 0 Å². The van der Waals surface area contributed by atoms with Crippen molar-refractivity contribution in [3.63, 3.8) is 0 Å². The van der Waals surface area contributed by atoms with Gasteiger partial charge in [0.25, 0.3) is 0 Å². The Labute approximate surface area is 90.8 Å². The van der Waals surface area contributed by atoms with Gasteiger partial charge in [-0.3, -0.25) is 0 Å². The largest absolute Gasteiger partial charge is 0.497 e. The summed E-state index contributed by atoms with van der Waals surface area (Å²) in [6.07, 6.45) is 0. The Morgan fingerprint density at radius 2 is 1.80 bits per heavy atom. The first-order valence-corrected chi connectivity index (χ1v) is 5.42. The van der Waals surface area contributed by atoms with Gasteiger partial charge < -0.3 is 15.4 Å². The molecule has 15 heavy (non-hydrogen) atoms. The van der Waals surface area contributed by atoms with Gasteiger partial charge in [-0.1, -0.05) is 12.1 Å². The van der Waals surface area contributed by atoms with Gasteiger partial charge in [0, 0.05) is 25.2 Å². The van der Waals surface area contributed by atoms with E-state index in [4.69, 9.17) is 4.74 Å². The van der Waals surface area contributed by atoms with Crippen molar-refractivity contribution in [1.29, 1.82) is 0 Å². The highest BCUT2D eigenvalue weighted by Gasteiger charge is 2.21. The van der Waals surface area contributed by atoms with Gasteiger partial charge in [0.05, 0.1) is 7.11 Å². The second kappa shape index (κ2) is 4.64.